The quantitative estimate of drug-likeness (QED) is 0.596. The summed E-state index contributed by atoms with van der Waals surface area (Å²) < 4.78 is 0. The van der Waals surface area contributed by atoms with Gasteiger partial charge >= 0.3 is 0 Å². The van der Waals surface area contributed by atoms with Crippen molar-refractivity contribution in [3.8, 4) is 0 Å². The van der Waals surface area contributed by atoms with Crippen molar-refractivity contribution in [2.24, 2.45) is 5.92 Å². The van der Waals surface area contributed by atoms with E-state index in [0.717, 1.165) is 31.0 Å². The zero-order chi connectivity index (χ0) is 20.1. The largest absolute Gasteiger partial charge is 0.350 e. The highest BCUT2D eigenvalue weighted by molar-refractivity contribution is 5.91. The first-order valence-corrected chi connectivity index (χ1v) is 10.4. The molecule has 1 saturated carbocycles. The maximum absolute atomic E-state index is 12.5. The molecule has 2 aromatic rings. The number of aromatic amines is 1. The minimum Gasteiger partial charge on any atom is -0.350 e. The van der Waals surface area contributed by atoms with E-state index in [9.17, 15) is 9.59 Å². The zero-order valence-corrected chi connectivity index (χ0v) is 16.5. The monoisotopic (exact) mass is 396 g/mol. The molecule has 8 heteroatoms. The van der Waals surface area contributed by atoms with E-state index < -0.39 is 0 Å². The van der Waals surface area contributed by atoms with Crippen molar-refractivity contribution in [3.63, 3.8) is 0 Å². The van der Waals surface area contributed by atoms with Gasteiger partial charge in [0.1, 0.15) is 5.69 Å². The molecular formula is C21H28N6O2. The molecule has 1 aliphatic carbocycles. The van der Waals surface area contributed by atoms with E-state index in [1.807, 2.05) is 18.2 Å². The fourth-order valence-electron chi connectivity index (χ4n) is 4.01. The van der Waals surface area contributed by atoms with Crippen molar-refractivity contribution in [1.82, 2.24) is 30.5 Å². The first-order chi connectivity index (χ1) is 14.2. The van der Waals surface area contributed by atoms with Crippen LogP contribution in [0.4, 0.5) is 0 Å². The Bertz CT molecular complexity index is 806. The lowest BCUT2D eigenvalue weighted by atomic mass is 10.1. The fraction of sp³-hybridized carbons (Fsp3) is 0.524. The van der Waals surface area contributed by atoms with Gasteiger partial charge in [0.2, 0.25) is 5.91 Å². The van der Waals surface area contributed by atoms with Gasteiger partial charge in [-0.1, -0.05) is 6.07 Å². The Hall–Kier alpha value is -2.74. The molecule has 154 valence electrons. The van der Waals surface area contributed by atoms with Gasteiger partial charge < -0.3 is 15.6 Å². The Morgan fingerprint density at radius 2 is 2.00 bits per heavy atom. The van der Waals surface area contributed by atoms with Crippen molar-refractivity contribution in [3.05, 3.63) is 48.3 Å². The van der Waals surface area contributed by atoms with Gasteiger partial charge in [-0.25, -0.2) is 4.98 Å². The van der Waals surface area contributed by atoms with Crippen LogP contribution in [0.15, 0.2) is 36.9 Å². The Morgan fingerprint density at radius 3 is 2.72 bits per heavy atom. The van der Waals surface area contributed by atoms with Gasteiger partial charge in [0.25, 0.3) is 5.91 Å². The first kappa shape index (κ1) is 19.6. The number of imidazole rings is 1. The SMILES string of the molecule is O=C(C[C@H]1CC[C@@H](CNC(=O)c2cnc[nH]2)N1CC1CC1)NCc1ccccn1. The highest BCUT2D eigenvalue weighted by atomic mass is 16.2. The smallest absolute Gasteiger partial charge is 0.269 e. The topological polar surface area (TPSA) is 103 Å². The van der Waals surface area contributed by atoms with Crippen LogP contribution in [0.5, 0.6) is 0 Å². The van der Waals surface area contributed by atoms with Crippen molar-refractivity contribution in [2.45, 2.75) is 50.7 Å². The second-order valence-corrected chi connectivity index (χ2v) is 8.00. The number of likely N-dealkylation sites (tertiary alicyclic amines) is 1. The molecule has 0 bridgehead atoms. The zero-order valence-electron chi connectivity index (χ0n) is 16.5. The maximum Gasteiger partial charge on any atom is 0.269 e. The molecule has 3 heterocycles. The molecule has 2 aliphatic rings. The predicted molar refractivity (Wildman–Crippen MR) is 108 cm³/mol. The van der Waals surface area contributed by atoms with Crippen molar-refractivity contribution >= 4 is 11.8 Å². The summed E-state index contributed by atoms with van der Waals surface area (Å²) in [6.45, 7) is 2.07. The van der Waals surface area contributed by atoms with Crippen LogP contribution >= 0.6 is 0 Å². The summed E-state index contributed by atoms with van der Waals surface area (Å²) in [6.07, 6.45) is 9.76. The molecule has 2 amide bonds. The third-order valence-electron chi connectivity index (χ3n) is 5.79. The lowest BCUT2D eigenvalue weighted by Crippen LogP contribution is -2.45. The van der Waals surface area contributed by atoms with E-state index in [2.05, 4.69) is 30.5 Å². The summed E-state index contributed by atoms with van der Waals surface area (Å²) in [5.41, 5.74) is 1.34. The Morgan fingerprint density at radius 1 is 1.14 bits per heavy atom. The molecule has 1 saturated heterocycles. The van der Waals surface area contributed by atoms with Crippen LogP contribution in [0, 0.1) is 5.92 Å². The number of pyridine rings is 1. The van der Waals surface area contributed by atoms with Gasteiger partial charge in [-0.15, -0.1) is 0 Å². The second kappa shape index (κ2) is 9.17. The molecule has 0 unspecified atom stereocenters. The first-order valence-electron chi connectivity index (χ1n) is 10.4. The molecule has 2 fully saturated rings. The third kappa shape index (κ3) is 5.41. The summed E-state index contributed by atoms with van der Waals surface area (Å²) in [5.74, 6) is 0.659. The minimum absolute atomic E-state index is 0.0589. The Kier molecular flexibility index (Phi) is 6.19. The number of nitrogens with zero attached hydrogens (tertiary/aromatic N) is 3. The van der Waals surface area contributed by atoms with E-state index in [1.165, 1.54) is 25.4 Å². The van der Waals surface area contributed by atoms with Gasteiger partial charge in [-0.2, -0.15) is 0 Å². The van der Waals surface area contributed by atoms with Crippen LogP contribution in [0.1, 0.15) is 48.3 Å². The summed E-state index contributed by atoms with van der Waals surface area (Å²) in [5, 5.41) is 6.00. The summed E-state index contributed by atoms with van der Waals surface area (Å²) in [7, 11) is 0. The molecular weight excluding hydrogens is 368 g/mol. The van der Waals surface area contributed by atoms with Gasteiger partial charge in [-0.3, -0.25) is 19.5 Å². The molecule has 0 radical (unpaired) electrons. The molecule has 2 atom stereocenters. The number of hydrogen-bond acceptors (Lipinski definition) is 5. The lowest BCUT2D eigenvalue weighted by molar-refractivity contribution is -0.122. The van der Waals surface area contributed by atoms with Crippen LogP contribution < -0.4 is 10.6 Å². The van der Waals surface area contributed by atoms with Crippen LogP contribution in [-0.4, -0.2) is 56.8 Å². The molecule has 0 spiro atoms. The molecule has 8 nitrogen and oxygen atoms in total. The maximum atomic E-state index is 12.5. The third-order valence-corrected chi connectivity index (χ3v) is 5.79. The number of carbonyl (C=O) groups excluding carboxylic acids is 2. The van der Waals surface area contributed by atoms with Crippen LogP contribution in [0.3, 0.4) is 0 Å². The molecule has 2 aromatic heterocycles. The Labute approximate surface area is 170 Å². The van der Waals surface area contributed by atoms with E-state index in [1.54, 1.807) is 6.20 Å². The summed E-state index contributed by atoms with van der Waals surface area (Å²) in [6, 6.07) is 6.20. The van der Waals surface area contributed by atoms with Crippen LogP contribution in [0.2, 0.25) is 0 Å². The Balaban J connectivity index is 1.29. The van der Waals surface area contributed by atoms with E-state index >= 15 is 0 Å². The van der Waals surface area contributed by atoms with Crippen molar-refractivity contribution in [2.75, 3.05) is 13.1 Å². The second-order valence-electron chi connectivity index (χ2n) is 8.00. The van der Waals surface area contributed by atoms with Gasteiger partial charge in [0.05, 0.1) is 24.8 Å². The van der Waals surface area contributed by atoms with Gasteiger partial charge in [0.15, 0.2) is 0 Å². The van der Waals surface area contributed by atoms with Crippen molar-refractivity contribution in [1.29, 1.82) is 0 Å². The molecule has 0 aromatic carbocycles. The fourth-order valence-corrected chi connectivity index (χ4v) is 4.01. The number of nitrogens with one attached hydrogen (secondary N) is 3. The standard InChI is InChI=1S/C21H28N6O2/c28-20(24-10-16-3-1-2-8-23-16)9-17-6-7-18(27(17)13-15-4-5-15)11-25-21(29)19-12-22-14-26-19/h1-3,8,12,14-15,17-18H,4-7,9-11,13H2,(H,22,26)(H,24,28)(H,25,29)/t17-,18+/m1/s1. The molecule has 4 rings (SSSR count). The van der Waals surface area contributed by atoms with Gasteiger partial charge in [-0.05, 0) is 43.7 Å². The number of H-pyrrole nitrogens is 1. The average molecular weight is 396 g/mol. The normalized spacial score (nSPS) is 21.8. The molecule has 29 heavy (non-hydrogen) atoms. The number of carbonyl (C=O) groups is 2. The highest BCUT2D eigenvalue weighted by Gasteiger charge is 2.38. The molecule has 1 aliphatic heterocycles. The number of amides is 2. The van der Waals surface area contributed by atoms with Crippen LogP contribution in [-0.2, 0) is 11.3 Å². The summed E-state index contributed by atoms with van der Waals surface area (Å²) >= 11 is 0. The van der Waals surface area contributed by atoms with Crippen molar-refractivity contribution < 1.29 is 9.59 Å². The molecule has 3 N–H and O–H groups in total. The number of rotatable bonds is 9. The minimum atomic E-state index is -0.134. The average Bonchev–Trinajstić information content (AvgIpc) is 3.23. The number of aromatic nitrogens is 3. The highest BCUT2D eigenvalue weighted by Crippen LogP contribution is 2.35. The summed E-state index contributed by atoms with van der Waals surface area (Å²) in [4.78, 5) is 38.1. The van der Waals surface area contributed by atoms with E-state index in [4.69, 9.17) is 0 Å². The lowest BCUT2D eigenvalue weighted by Gasteiger charge is -2.30. The van der Waals surface area contributed by atoms with E-state index in [-0.39, 0.29) is 23.9 Å². The van der Waals surface area contributed by atoms with Gasteiger partial charge in [0, 0.05) is 37.8 Å². The van der Waals surface area contributed by atoms with E-state index in [0.29, 0.717) is 25.2 Å². The predicted octanol–water partition coefficient (Wildman–Crippen LogP) is 1.48. The van der Waals surface area contributed by atoms with Crippen LogP contribution in [0.25, 0.3) is 0 Å². The number of hydrogen-bond donors (Lipinski definition) is 3.